The van der Waals surface area contributed by atoms with Gasteiger partial charge in [-0.05, 0) is 18.6 Å². The molecule has 0 bridgehead atoms. The Labute approximate surface area is 97.9 Å². The number of carbonyl (C=O) groups is 2. The third-order valence-corrected chi connectivity index (χ3v) is 2.94. The first-order valence-corrected chi connectivity index (χ1v) is 5.50. The molecule has 5 heteroatoms. The normalized spacial score (nSPS) is 18.7. The van der Waals surface area contributed by atoms with Crippen molar-refractivity contribution in [2.45, 2.75) is 12.8 Å². The number of amides is 1. The maximum Gasteiger partial charge on any atom is 0.294 e. The van der Waals surface area contributed by atoms with Crippen molar-refractivity contribution < 1.29 is 19.1 Å². The summed E-state index contributed by atoms with van der Waals surface area (Å²) in [6.07, 6.45) is 1.05. The molecule has 0 saturated carbocycles. The molecular formula is C12H11NO4. The van der Waals surface area contributed by atoms with E-state index >= 15 is 0 Å². The summed E-state index contributed by atoms with van der Waals surface area (Å²) in [7, 11) is 0. The minimum atomic E-state index is -0.435. The largest absolute Gasteiger partial charge is 0.454 e. The van der Waals surface area contributed by atoms with Gasteiger partial charge in [0.15, 0.2) is 11.5 Å². The zero-order valence-corrected chi connectivity index (χ0v) is 9.14. The van der Waals surface area contributed by atoms with Crippen LogP contribution in [-0.2, 0) is 9.59 Å². The fraction of sp³-hybridized carbons (Fsp3) is 0.333. The van der Waals surface area contributed by atoms with Crippen LogP contribution in [0.4, 0.5) is 5.69 Å². The summed E-state index contributed by atoms with van der Waals surface area (Å²) >= 11 is 0. The number of carbonyl (C=O) groups excluding carboxylic acids is 2. The predicted octanol–water partition coefficient (Wildman–Crippen LogP) is 1.11. The molecule has 3 rings (SSSR count). The predicted molar refractivity (Wildman–Crippen MR) is 59.2 cm³/mol. The first-order chi connectivity index (χ1) is 8.25. The minimum Gasteiger partial charge on any atom is -0.454 e. The highest BCUT2D eigenvalue weighted by Crippen LogP contribution is 2.36. The van der Waals surface area contributed by atoms with Gasteiger partial charge in [-0.25, -0.2) is 0 Å². The second-order valence-corrected chi connectivity index (χ2v) is 4.02. The van der Waals surface area contributed by atoms with E-state index in [9.17, 15) is 9.59 Å². The highest BCUT2D eigenvalue weighted by Gasteiger charge is 2.28. The Morgan fingerprint density at radius 3 is 2.82 bits per heavy atom. The zero-order chi connectivity index (χ0) is 11.8. The third-order valence-electron chi connectivity index (χ3n) is 2.94. The van der Waals surface area contributed by atoms with Crippen LogP contribution in [0.15, 0.2) is 18.2 Å². The second kappa shape index (κ2) is 3.76. The van der Waals surface area contributed by atoms with Gasteiger partial charge in [0.05, 0.1) is 0 Å². The van der Waals surface area contributed by atoms with E-state index in [1.807, 2.05) is 0 Å². The van der Waals surface area contributed by atoms with Gasteiger partial charge >= 0.3 is 0 Å². The molecule has 1 aromatic rings. The lowest BCUT2D eigenvalue weighted by Crippen LogP contribution is -2.41. The van der Waals surface area contributed by atoms with Crippen molar-refractivity contribution in [3.05, 3.63) is 18.2 Å². The molecule has 0 spiro atoms. The van der Waals surface area contributed by atoms with Crippen LogP contribution in [0.5, 0.6) is 11.5 Å². The van der Waals surface area contributed by atoms with E-state index in [2.05, 4.69) is 0 Å². The van der Waals surface area contributed by atoms with Gasteiger partial charge < -0.3 is 14.4 Å². The second-order valence-electron chi connectivity index (χ2n) is 4.02. The van der Waals surface area contributed by atoms with Crippen molar-refractivity contribution in [2.75, 3.05) is 18.2 Å². The molecule has 0 N–H and O–H groups in total. The fourth-order valence-electron chi connectivity index (χ4n) is 2.06. The SMILES string of the molecule is O=C1CCCN(c2ccc3c(c2)OCO3)C1=O. The molecule has 1 aromatic carbocycles. The number of piperidine rings is 1. The molecule has 17 heavy (non-hydrogen) atoms. The van der Waals surface area contributed by atoms with Gasteiger partial charge in [0.2, 0.25) is 12.6 Å². The molecule has 1 amide bonds. The first kappa shape index (κ1) is 10.1. The lowest BCUT2D eigenvalue weighted by molar-refractivity contribution is -0.137. The van der Waals surface area contributed by atoms with E-state index in [4.69, 9.17) is 9.47 Å². The molecule has 2 aliphatic rings. The molecule has 2 aliphatic heterocycles. The van der Waals surface area contributed by atoms with E-state index in [-0.39, 0.29) is 12.6 Å². The standard InChI is InChI=1S/C12H11NO4/c14-9-2-1-5-13(12(9)15)8-3-4-10-11(6-8)17-7-16-10/h3-4,6H,1-2,5,7H2. The summed E-state index contributed by atoms with van der Waals surface area (Å²) < 4.78 is 10.4. The van der Waals surface area contributed by atoms with Crippen molar-refractivity contribution in [3.63, 3.8) is 0 Å². The number of rotatable bonds is 1. The van der Waals surface area contributed by atoms with Crippen molar-refractivity contribution in [3.8, 4) is 11.5 Å². The van der Waals surface area contributed by atoms with Crippen molar-refractivity contribution in [2.24, 2.45) is 0 Å². The maximum atomic E-state index is 11.7. The number of hydrogen-bond donors (Lipinski definition) is 0. The fourth-order valence-corrected chi connectivity index (χ4v) is 2.06. The number of ketones is 1. The molecule has 1 fully saturated rings. The van der Waals surface area contributed by atoms with Crippen molar-refractivity contribution in [1.29, 1.82) is 0 Å². The first-order valence-electron chi connectivity index (χ1n) is 5.50. The highest BCUT2D eigenvalue weighted by molar-refractivity contribution is 6.41. The Bertz CT molecular complexity index is 497. The van der Waals surface area contributed by atoms with Gasteiger partial charge in [-0.15, -0.1) is 0 Å². The zero-order valence-electron chi connectivity index (χ0n) is 9.14. The van der Waals surface area contributed by atoms with E-state index in [1.165, 1.54) is 4.90 Å². The highest BCUT2D eigenvalue weighted by atomic mass is 16.7. The summed E-state index contributed by atoms with van der Waals surface area (Å²) in [4.78, 5) is 24.6. The Hall–Kier alpha value is -2.04. The summed E-state index contributed by atoms with van der Waals surface area (Å²) in [5, 5.41) is 0. The van der Waals surface area contributed by atoms with Crippen LogP contribution in [0, 0.1) is 0 Å². The molecule has 88 valence electrons. The van der Waals surface area contributed by atoms with Gasteiger partial charge in [0, 0.05) is 24.7 Å². The van der Waals surface area contributed by atoms with Crippen molar-refractivity contribution in [1.82, 2.24) is 0 Å². The van der Waals surface area contributed by atoms with E-state index in [0.29, 0.717) is 36.6 Å². The summed E-state index contributed by atoms with van der Waals surface area (Å²) in [6, 6.07) is 5.26. The van der Waals surface area contributed by atoms with Crippen LogP contribution in [0.2, 0.25) is 0 Å². The smallest absolute Gasteiger partial charge is 0.294 e. The average Bonchev–Trinajstić information content (AvgIpc) is 2.79. The van der Waals surface area contributed by atoms with Crippen LogP contribution >= 0.6 is 0 Å². The van der Waals surface area contributed by atoms with E-state index in [1.54, 1.807) is 18.2 Å². The Morgan fingerprint density at radius 2 is 1.94 bits per heavy atom. The Balaban J connectivity index is 1.93. The molecule has 2 heterocycles. The summed E-state index contributed by atoms with van der Waals surface area (Å²) in [5.41, 5.74) is 0.687. The molecule has 0 aromatic heterocycles. The number of anilines is 1. The molecule has 1 saturated heterocycles. The number of ether oxygens (including phenoxy) is 2. The van der Waals surface area contributed by atoms with Gasteiger partial charge in [-0.2, -0.15) is 0 Å². The van der Waals surface area contributed by atoms with Crippen LogP contribution < -0.4 is 14.4 Å². The Morgan fingerprint density at radius 1 is 1.12 bits per heavy atom. The number of fused-ring (bicyclic) bond motifs is 1. The lowest BCUT2D eigenvalue weighted by Gasteiger charge is -2.25. The lowest BCUT2D eigenvalue weighted by atomic mass is 10.1. The van der Waals surface area contributed by atoms with Crippen LogP contribution in [0.3, 0.4) is 0 Å². The molecule has 0 unspecified atom stereocenters. The molecule has 5 nitrogen and oxygen atoms in total. The number of hydrogen-bond acceptors (Lipinski definition) is 4. The van der Waals surface area contributed by atoms with Crippen LogP contribution in [-0.4, -0.2) is 25.0 Å². The molecule has 0 atom stereocenters. The Kier molecular flexibility index (Phi) is 2.24. The molecular weight excluding hydrogens is 222 g/mol. The van der Waals surface area contributed by atoms with Gasteiger partial charge in [0.25, 0.3) is 5.91 Å². The monoisotopic (exact) mass is 233 g/mol. The maximum absolute atomic E-state index is 11.7. The van der Waals surface area contributed by atoms with E-state index < -0.39 is 5.91 Å². The van der Waals surface area contributed by atoms with Gasteiger partial charge in [-0.1, -0.05) is 0 Å². The number of nitrogens with zero attached hydrogens (tertiary/aromatic N) is 1. The number of Topliss-reactive ketones (excluding diaryl/α,β-unsaturated/α-hetero) is 1. The van der Waals surface area contributed by atoms with Crippen LogP contribution in [0.1, 0.15) is 12.8 Å². The summed E-state index contributed by atoms with van der Waals surface area (Å²) in [6.45, 7) is 0.774. The molecule has 0 radical (unpaired) electrons. The van der Waals surface area contributed by atoms with Gasteiger partial charge in [0.1, 0.15) is 0 Å². The van der Waals surface area contributed by atoms with E-state index in [0.717, 1.165) is 0 Å². The topological polar surface area (TPSA) is 55.8 Å². The quantitative estimate of drug-likeness (QED) is 0.682. The van der Waals surface area contributed by atoms with Crippen LogP contribution in [0.25, 0.3) is 0 Å². The third kappa shape index (κ3) is 1.63. The summed E-state index contributed by atoms with van der Waals surface area (Å²) in [5.74, 6) is 0.530. The average molecular weight is 233 g/mol. The minimum absolute atomic E-state index is 0.200. The van der Waals surface area contributed by atoms with Crippen molar-refractivity contribution >= 4 is 17.4 Å². The number of benzene rings is 1. The molecule has 0 aliphatic carbocycles. The van der Waals surface area contributed by atoms with Gasteiger partial charge in [-0.3, -0.25) is 9.59 Å².